The Labute approximate surface area is 115 Å². The first kappa shape index (κ1) is 14.7. The summed E-state index contributed by atoms with van der Waals surface area (Å²) >= 11 is 5.03. The molecule has 0 aromatic carbocycles. The number of likely N-dealkylation sites (N-methyl/N-ethyl adjacent to an activating group) is 1. The maximum atomic E-state index is 12.1. The normalized spacial score (nSPS) is 13.5. The van der Waals surface area contributed by atoms with Gasteiger partial charge in [-0.15, -0.1) is 11.3 Å². The third kappa shape index (κ3) is 4.08. The van der Waals surface area contributed by atoms with E-state index in [-0.39, 0.29) is 11.3 Å². The predicted molar refractivity (Wildman–Crippen MR) is 75.9 cm³/mol. The molecule has 2 N–H and O–H groups in total. The van der Waals surface area contributed by atoms with Crippen LogP contribution < -0.4 is 5.73 Å². The molecule has 1 heterocycles. The van der Waals surface area contributed by atoms with Crippen LogP contribution in [0, 0.1) is 5.41 Å². The Morgan fingerprint density at radius 2 is 2.18 bits per heavy atom. The quantitative estimate of drug-likeness (QED) is 0.931. The molecular weight excluding hydrogens is 300 g/mol. The Bertz CT molecular complexity index is 397. The van der Waals surface area contributed by atoms with Crippen LogP contribution in [0.4, 0.5) is 0 Å². The van der Waals surface area contributed by atoms with E-state index < -0.39 is 6.04 Å². The molecular formula is C12H19BrN2OS. The van der Waals surface area contributed by atoms with Crippen LogP contribution in [0.1, 0.15) is 25.6 Å². The van der Waals surface area contributed by atoms with Crippen molar-refractivity contribution in [2.75, 3.05) is 7.05 Å². The van der Waals surface area contributed by atoms with Gasteiger partial charge in [-0.2, -0.15) is 0 Å². The van der Waals surface area contributed by atoms with Crippen LogP contribution in [0.3, 0.4) is 0 Å². The summed E-state index contributed by atoms with van der Waals surface area (Å²) in [7, 11) is 1.79. The van der Waals surface area contributed by atoms with Crippen LogP contribution in [0.5, 0.6) is 0 Å². The highest BCUT2D eigenvalue weighted by atomic mass is 79.9. The number of rotatable bonds is 3. The van der Waals surface area contributed by atoms with E-state index >= 15 is 0 Å². The van der Waals surface area contributed by atoms with Gasteiger partial charge in [0.15, 0.2) is 0 Å². The van der Waals surface area contributed by atoms with Crippen molar-refractivity contribution in [2.45, 2.75) is 33.4 Å². The fraction of sp³-hybridized carbons (Fsp3) is 0.583. The van der Waals surface area contributed by atoms with Crippen molar-refractivity contribution in [3.8, 4) is 0 Å². The van der Waals surface area contributed by atoms with Crippen LogP contribution in [0.25, 0.3) is 0 Å². The molecule has 0 spiro atoms. The predicted octanol–water partition coefficient (Wildman–Crippen LogP) is 2.84. The zero-order valence-corrected chi connectivity index (χ0v) is 13.1. The molecule has 3 nitrogen and oxygen atoms in total. The summed E-state index contributed by atoms with van der Waals surface area (Å²) in [5.41, 5.74) is 5.75. The average Bonchev–Trinajstić information content (AvgIpc) is 2.60. The van der Waals surface area contributed by atoms with E-state index in [2.05, 4.69) is 15.9 Å². The van der Waals surface area contributed by atoms with Crippen molar-refractivity contribution < 1.29 is 4.79 Å². The topological polar surface area (TPSA) is 46.3 Å². The van der Waals surface area contributed by atoms with Crippen LogP contribution >= 0.6 is 27.3 Å². The number of carbonyl (C=O) groups is 1. The standard InChI is InChI=1S/C12H19BrN2OS/c1-12(2,3)10(14)11(16)15(4)6-9-5-8(13)7-17-9/h5,7,10H,6,14H2,1-4H3/t10-/m0/s1. The fourth-order valence-corrected chi connectivity index (χ4v) is 2.86. The smallest absolute Gasteiger partial charge is 0.240 e. The number of nitrogens with two attached hydrogens (primary N) is 1. The third-order valence-electron chi connectivity index (χ3n) is 2.59. The molecule has 0 aliphatic rings. The number of thiophene rings is 1. The van der Waals surface area contributed by atoms with Gasteiger partial charge in [-0.25, -0.2) is 0 Å². The molecule has 0 aliphatic carbocycles. The second-order valence-electron chi connectivity index (χ2n) is 5.27. The van der Waals surface area contributed by atoms with Gasteiger partial charge in [-0.3, -0.25) is 4.79 Å². The van der Waals surface area contributed by atoms with Crippen molar-refractivity contribution in [3.05, 3.63) is 20.8 Å². The molecule has 0 unspecified atom stereocenters. The van der Waals surface area contributed by atoms with E-state index in [9.17, 15) is 4.79 Å². The van der Waals surface area contributed by atoms with Crippen LogP contribution in [0.15, 0.2) is 15.9 Å². The van der Waals surface area contributed by atoms with Gasteiger partial charge in [0.25, 0.3) is 0 Å². The summed E-state index contributed by atoms with van der Waals surface area (Å²) in [5, 5.41) is 2.01. The SMILES string of the molecule is CN(Cc1cc(Br)cs1)C(=O)[C@H](N)C(C)(C)C. The van der Waals surface area contributed by atoms with E-state index in [1.807, 2.05) is 32.2 Å². The Kier molecular flexibility index (Phi) is 4.75. The van der Waals surface area contributed by atoms with E-state index in [1.165, 1.54) is 0 Å². The van der Waals surface area contributed by atoms with Gasteiger partial charge in [-0.1, -0.05) is 20.8 Å². The number of hydrogen-bond acceptors (Lipinski definition) is 3. The highest BCUT2D eigenvalue weighted by molar-refractivity contribution is 9.10. The first-order valence-corrected chi connectivity index (χ1v) is 7.12. The molecule has 1 atom stereocenters. The second-order valence-corrected chi connectivity index (χ2v) is 7.18. The monoisotopic (exact) mass is 318 g/mol. The van der Waals surface area contributed by atoms with Gasteiger partial charge in [0.1, 0.15) is 0 Å². The summed E-state index contributed by atoms with van der Waals surface area (Å²) in [6.45, 7) is 6.54. The van der Waals surface area contributed by atoms with Crippen molar-refractivity contribution in [1.82, 2.24) is 4.90 Å². The van der Waals surface area contributed by atoms with E-state index in [0.717, 1.165) is 9.35 Å². The van der Waals surface area contributed by atoms with Gasteiger partial charge in [0.05, 0.1) is 12.6 Å². The number of hydrogen-bond donors (Lipinski definition) is 1. The zero-order chi connectivity index (χ0) is 13.2. The first-order valence-electron chi connectivity index (χ1n) is 5.45. The molecule has 0 bridgehead atoms. The molecule has 0 fully saturated rings. The molecule has 1 aromatic heterocycles. The summed E-state index contributed by atoms with van der Waals surface area (Å²) in [6.07, 6.45) is 0. The number of nitrogens with zero attached hydrogens (tertiary/aromatic N) is 1. The maximum Gasteiger partial charge on any atom is 0.240 e. The molecule has 0 saturated heterocycles. The molecule has 1 rings (SSSR count). The molecule has 0 aliphatic heterocycles. The van der Waals surface area contributed by atoms with Gasteiger partial charge < -0.3 is 10.6 Å². The highest BCUT2D eigenvalue weighted by Crippen LogP contribution is 2.23. The van der Waals surface area contributed by atoms with Crippen LogP contribution in [0.2, 0.25) is 0 Å². The molecule has 1 amide bonds. The first-order chi connectivity index (χ1) is 7.71. The van der Waals surface area contributed by atoms with E-state index in [0.29, 0.717) is 6.54 Å². The lowest BCUT2D eigenvalue weighted by Crippen LogP contribution is -2.48. The zero-order valence-electron chi connectivity index (χ0n) is 10.7. The highest BCUT2D eigenvalue weighted by Gasteiger charge is 2.29. The van der Waals surface area contributed by atoms with Gasteiger partial charge >= 0.3 is 0 Å². The van der Waals surface area contributed by atoms with Crippen molar-refractivity contribution in [2.24, 2.45) is 11.1 Å². The number of amides is 1. The summed E-state index contributed by atoms with van der Waals surface area (Å²) in [6, 6.07) is 1.56. The minimum atomic E-state index is -0.462. The lowest BCUT2D eigenvalue weighted by molar-refractivity contribution is -0.134. The second kappa shape index (κ2) is 5.50. The van der Waals surface area contributed by atoms with E-state index in [1.54, 1.807) is 23.3 Å². The molecule has 17 heavy (non-hydrogen) atoms. The minimum Gasteiger partial charge on any atom is -0.339 e. The average molecular weight is 319 g/mol. The lowest BCUT2D eigenvalue weighted by atomic mass is 9.86. The fourth-order valence-electron chi connectivity index (χ4n) is 1.36. The summed E-state index contributed by atoms with van der Waals surface area (Å²) in [5.74, 6) is -0.0120. The van der Waals surface area contributed by atoms with Crippen molar-refractivity contribution in [3.63, 3.8) is 0 Å². The Morgan fingerprint density at radius 3 is 2.59 bits per heavy atom. The summed E-state index contributed by atoms with van der Waals surface area (Å²) < 4.78 is 1.05. The van der Waals surface area contributed by atoms with Gasteiger partial charge in [0, 0.05) is 21.8 Å². The Hall–Kier alpha value is -0.390. The minimum absolute atomic E-state index is 0.0120. The summed E-state index contributed by atoms with van der Waals surface area (Å²) in [4.78, 5) is 14.9. The van der Waals surface area contributed by atoms with E-state index in [4.69, 9.17) is 5.73 Å². The van der Waals surface area contributed by atoms with Gasteiger partial charge in [-0.05, 0) is 27.4 Å². The maximum absolute atomic E-state index is 12.1. The van der Waals surface area contributed by atoms with Crippen LogP contribution in [-0.4, -0.2) is 23.9 Å². The number of carbonyl (C=O) groups excluding carboxylic acids is 1. The molecule has 1 aromatic rings. The lowest BCUT2D eigenvalue weighted by Gasteiger charge is -2.29. The largest absolute Gasteiger partial charge is 0.339 e. The number of halogens is 1. The molecule has 0 radical (unpaired) electrons. The van der Waals surface area contributed by atoms with Crippen molar-refractivity contribution in [1.29, 1.82) is 0 Å². The molecule has 0 saturated carbocycles. The van der Waals surface area contributed by atoms with Crippen LogP contribution in [-0.2, 0) is 11.3 Å². The van der Waals surface area contributed by atoms with Crippen molar-refractivity contribution >= 4 is 33.2 Å². The Morgan fingerprint density at radius 1 is 1.59 bits per heavy atom. The molecule has 5 heteroatoms. The van der Waals surface area contributed by atoms with Gasteiger partial charge in [0.2, 0.25) is 5.91 Å². The third-order valence-corrected chi connectivity index (χ3v) is 4.27. The Balaban J connectivity index is 2.65. The molecule has 96 valence electrons.